The third kappa shape index (κ3) is 4.56. The van der Waals surface area contributed by atoms with Crippen LogP contribution in [-0.2, 0) is 7.05 Å². The first-order valence-electron chi connectivity index (χ1n) is 19.0. The van der Waals surface area contributed by atoms with E-state index in [1.54, 1.807) is 17.7 Å². The van der Waals surface area contributed by atoms with Gasteiger partial charge in [0.05, 0.1) is 5.56 Å². The van der Waals surface area contributed by atoms with Crippen LogP contribution in [0.3, 0.4) is 0 Å². The molecule has 0 saturated heterocycles. The van der Waals surface area contributed by atoms with E-state index in [4.69, 9.17) is 16.8 Å². The number of benzene rings is 3. The van der Waals surface area contributed by atoms with Gasteiger partial charge in [0.2, 0.25) is 5.69 Å². The van der Waals surface area contributed by atoms with Crippen molar-refractivity contribution in [2.75, 3.05) is 0 Å². The Hall–Kier alpha value is -3.39. The second-order valence-corrected chi connectivity index (χ2v) is 13.2. The summed E-state index contributed by atoms with van der Waals surface area (Å²) in [4.78, 5) is 0. The number of hydrogen-bond acceptors (Lipinski definition) is 1. The van der Waals surface area contributed by atoms with Crippen LogP contribution in [0.15, 0.2) is 65.2 Å². The summed E-state index contributed by atoms with van der Waals surface area (Å²) in [7, 11) is 1.65. The first kappa shape index (κ1) is 17.4. The van der Waals surface area contributed by atoms with Gasteiger partial charge in [0.1, 0.15) is 18.2 Å². The van der Waals surface area contributed by atoms with Gasteiger partial charge in [0, 0.05) is 41.7 Å². The van der Waals surface area contributed by atoms with E-state index in [9.17, 15) is 1.37 Å². The van der Waals surface area contributed by atoms with Gasteiger partial charge in [-0.1, -0.05) is 70.2 Å². The molecule has 3 aromatic carbocycles. The van der Waals surface area contributed by atoms with Crippen molar-refractivity contribution in [3.8, 4) is 22.4 Å². The maximum absolute atomic E-state index is 9.51. The van der Waals surface area contributed by atoms with Gasteiger partial charge < -0.3 is 4.42 Å². The SMILES string of the molecule is [2H]C([2H])([2H])c1cc(-c2c(C)ccc3c2oc2c(C([2H])([2H])[2H])c(-c4ccc(C5([2H])CC(C)(C)CC(C)(C)C5)cc4)ccc23)[n+](C)cc1C([2H])([2H])[2H]. The van der Waals surface area contributed by atoms with Crippen molar-refractivity contribution in [3.63, 3.8) is 0 Å². The zero-order valence-corrected chi connectivity index (χ0v) is 24.3. The molecule has 0 N–H and O–H groups in total. The van der Waals surface area contributed by atoms with Gasteiger partial charge in [0.25, 0.3) is 0 Å². The highest BCUT2D eigenvalue weighted by Crippen LogP contribution is 2.52. The van der Waals surface area contributed by atoms with Crippen LogP contribution < -0.4 is 4.57 Å². The van der Waals surface area contributed by atoms with Gasteiger partial charge in [-0.2, -0.15) is 0 Å². The van der Waals surface area contributed by atoms with E-state index >= 15 is 0 Å². The highest BCUT2D eigenvalue weighted by molar-refractivity contribution is 6.11. The molecule has 0 spiro atoms. The minimum absolute atomic E-state index is 0.0169. The van der Waals surface area contributed by atoms with Gasteiger partial charge in [-0.15, -0.1) is 0 Å². The topological polar surface area (TPSA) is 17.0 Å². The van der Waals surface area contributed by atoms with Gasteiger partial charge in [-0.3, -0.25) is 0 Å². The van der Waals surface area contributed by atoms with Crippen LogP contribution in [0.2, 0.25) is 0 Å². The van der Waals surface area contributed by atoms with E-state index in [2.05, 4.69) is 27.7 Å². The molecule has 2 heteroatoms. The van der Waals surface area contributed by atoms with E-state index in [-0.39, 0.29) is 33.1 Å². The normalized spacial score (nSPS) is 22.6. The summed E-state index contributed by atoms with van der Waals surface area (Å²) in [6, 6.07) is 16.5. The van der Waals surface area contributed by atoms with Gasteiger partial charge >= 0.3 is 0 Å². The van der Waals surface area contributed by atoms with Crippen LogP contribution >= 0.6 is 0 Å². The molecule has 0 bridgehead atoms. The molecule has 5 aromatic rings. The van der Waals surface area contributed by atoms with Crippen molar-refractivity contribution < 1.29 is 22.7 Å². The average Bonchev–Trinajstić information content (AvgIpc) is 3.31. The van der Waals surface area contributed by atoms with E-state index in [1.165, 1.54) is 12.3 Å². The van der Waals surface area contributed by atoms with Crippen LogP contribution in [0.1, 0.15) is 94.4 Å². The number of aryl methyl sites for hydroxylation is 5. The average molecular weight is 541 g/mol. The number of hydrogen-bond donors (Lipinski definition) is 0. The number of fused-ring (bicyclic) bond motifs is 3. The molecule has 1 saturated carbocycles. The minimum Gasteiger partial charge on any atom is -0.455 e. The quantitative estimate of drug-likeness (QED) is 0.208. The third-order valence-electron chi connectivity index (χ3n) is 8.49. The predicted octanol–water partition coefficient (Wildman–Crippen LogP) is 10.3. The first-order valence-corrected chi connectivity index (χ1v) is 14.0. The fourth-order valence-electron chi connectivity index (χ4n) is 7.19. The number of nitrogens with zero attached hydrogens (tertiary/aromatic N) is 1. The van der Waals surface area contributed by atoms with Crippen molar-refractivity contribution in [1.82, 2.24) is 0 Å². The van der Waals surface area contributed by atoms with Crippen molar-refractivity contribution in [3.05, 3.63) is 88.6 Å². The van der Waals surface area contributed by atoms with Crippen LogP contribution in [0.25, 0.3) is 44.3 Å². The summed E-state index contributed by atoms with van der Waals surface area (Å²) >= 11 is 0. The van der Waals surface area contributed by atoms with E-state index < -0.39 is 26.4 Å². The van der Waals surface area contributed by atoms with Crippen molar-refractivity contribution >= 4 is 21.9 Å². The highest BCUT2D eigenvalue weighted by Gasteiger charge is 2.38. The largest absolute Gasteiger partial charge is 0.455 e. The molecule has 2 heterocycles. The molecule has 0 aliphatic heterocycles. The molecule has 1 aliphatic rings. The van der Waals surface area contributed by atoms with Crippen molar-refractivity contribution in [2.45, 2.75) is 80.3 Å². The Labute approximate surface area is 254 Å². The fourth-order valence-corrected chi connectivity index (χ4v) is 7.19. The molecule has 206 valence electrons. The van der Waals surface area contributed by atoms with Gasteiger partial charge in [0.15, 0.2) is 6.20 Å². The fraction of sp³-hybridized carbons (Fsp3) is 0.395. The zero-order valence-electron chi connectivity index (χ0n) is 34.3. The monoisotopic (exact) mass is 540 g/mol. The predicted molar refractivity (Wildman–Crippen MR) is 169 cm³/mol. The Morgan fingerprint density at radius 3 is 2.17 bits per heavy atom. The number of aromatic nitrogens is 1. The molecule has 0 amide bonds. The Morgan fingerprint density at radius 2 is 1.50 bits per heavy atom. The molecular weight excluding hydrogens is 486 g/mol. The third-order valence-corrected chi connectivity index (χ3v) is 8.49. The van der Waals surface area contributed by atoms with Crippen LogP contribution in [0.4, 0.5) is 0 Å². The lowest BCUT2D eigenvalue weighted by Gasteiger charge is -2.45. The molecular formula is C38H44NO+. The Balaban J connectivity index is 1.55. The lowest BCUT2D eigenvalue weighted by molar-refractivity contribution is -0.660. The molecule has 0 unspecified atom stereocenters. The summed E-state index contributed by atoms with van der Waals surface area (Å²) < 4.78 is 91.8. The smallest absolute Gasteiger partial charge is 0.216 e. The molecule has 40 heavy (non-hydrogen) atoms. The van der Waals surface area contributed by atoms with E-state index in [1.807, 2.05) is 49.4 Å². The molecule has 1 aliphatic carbocycles. The highest BCUT2D eigenvalue weighted by atomic mass is 16.3. The van der Waals surface area contributed by atoms with Gasteiger partial charge in [-0.25, -0.2) is 4.57 Å². The van der Waals surface area contributed by atoms with Gasteiger partial charge in [-0.05, 0) is 97.3 Å². The number of pyridine rings is 1. The standard InChI is InChI=1S/C38H44NO/c1-23-10-15-32-31-17-16-30(28-13-11-27(12-14-28)29-19-37(5,6)22-38(7,8)20-29)26(4)35(31)40-36(32)34(23)33-18-24(2)25(3)21-39(33)9/h10-18,21,29H,19-20,22H2,1-9H3/q+1/i2D3,3D3,4D3,29D. The molecule has 2 aromatic heterocycles. The summed E-state index contributed by atoms with van der Waals surface area (Å²) in [5.41, 5.74) is 3.98. The maximum atomic E-state index is 9.51. The van der Waals surface area contributed by atoms with Crippen molar-refractivity contribution in [2.24, 2.45) is 17.9 Å². The lowest BCUT2D eigenvalue weighted by atomic mass is 9.60. The molecule has 2 nitrogen and oxygen atoms in total. The summed E-state index contributed by atoms with van der Waals surface area (Å²) in [6.45, 7) is 2.86. The minimum atomic E-state index is -2.69. The van der Waals surface area contributed by atoms with Crippen LogP contribution in [0, 0.1) is 38.3 Å². The summed E-state index contributed by atoms with van der Waals surface area (Å²) in [5, 5.41) is 1.25. The van der Waals surface area contributed by atoms with Crippen LogP contribution in [0.5, 0.6) is 0 Å². The second-order valence-electron chi connectivity index (χ2n) is 13.2. The molecule has 0 radical (unpaired) electrons. The molecule has 6 rings (SSSR count). The maximum Gasteiger partial charge on any atom is 0.216 e. The van der Waals surface area contributed by atoms with Crippen molar-refractivity contribution in [1.29, 1.82) is 0 Å². The van der Waals surface area contributed by atoms with E-state index in [0.29, 0.717) is 38.7 Å². The Kier molecular flexibility index (Phi) is 4.07. The Morgan fingerprint density at radius 1 is 0.825 bits per heavy atom. The molecule has 1 fully saturated rings. The van der Waals surface area contributed by atoms with E-state index in [0.717, 1.165) is 30.4 Å². The Bertz CT molecular complexity index is 2110. The number of furan rings is 1. The second kappa shape index (κ2) is 9.33. The molecule has 0 atom stereocenters. The lowest BCUT2D eigenvalue weighted by Crippen LogP contribution is -2.32. The summed E-state index contributed by atoms with van der Waals surface area (Å²) in [6.07, 6.45) is 3.85. The summed E-state index contributed by atoms with van der Waals surface area (Å²) in [5.74, 6) is -0.759. The van der Waals surface area contributed by atoms with Crippen LogP contribution in [-0.4, -0.2) is 0 Å². The number of rotatable bonds is 3. The first-order chi connectivity index (χ1) is 22.8. The zero-order chi connectivity index (χ0) is 37.0.